The van der Waals surface area contributed by atoms with Crippen molar-refractivity contribution in [2.24, 2.45) is 11.8 Å². The molecule has 14 heavy (non-hydrogen) atoms. The van der Waals surface area contributed by atoms with E-state index in [4.69, 9.17) is 11.6 Å². The number of hydrogen-bond acceptors (Lipinski definition) is 1. The van der Waals surface area contributed by atoms with Crippen molar-refractivity contribution >= 4 is 22.9 Å². The number of halogens is 1. The highest BCUT2D eigenvalue weighted by molar-refractivity contribution is 7.07. The summed E-state index contributed by atoms with van der Waals surface area (Å²) in [5.41, 5.74) is 1.48. The number of rotatable bonds is 4. The van der Waals surface area contributed by atoms with Crippen LogP contribution in [0.2, 0.25) is 0 Å². The Balaban J connectivity index is 1.92. The van der Waals surface area contributed by atoms with Crippen molar-refractivity contribution in [3.05, 3.63) is 22.4 Å². The topological polar surface area (TPSA) is 0 Å². The molecule has 1 aromatic rings. The third-order valence-corrected chi connectivity index (χ3v) is 4.47. The lowest BCUT2D eigenvalue weighted by Crippen LogP contribution is -2.15. The van der Waals surface area contributed by atoms with E-state index >= 15 is 0 Å². The van der Waals surface area contributed by atoms with Gasteiger partial charge in [0.25, 0.3) is 0 Å². The lowest BCUT2D eigenvalue weighted by atomic mass is 9.88. The van der Waals surface area contributed by atoms with Crippen LogP contribution in [-0.4, -0.2) is 5.88 Å². The zero-order valence-electron chi connectivity index (χ0n) is 8.42. The van der Waals surface area contributed by atoms with Gasteiger partial charge in [-0.05, 0) is 40.6 Å². The Morgan fingerprint density at radius 3 is 2.79 bits per heavy atom. The predicted molar refractivity (Wildman–Crippen MR) is 64.2 cm³/mol. The molecule has 1 unspecified atom stereocenters. The molecule has 78 valence electrons. The first-order valence-corrected chi connectivity index (χ1v) is 6.95. The van der Waals surface area contributed by atoms with Crippen LogP contribution in [0, 0.1) is 11.8 Å². The summed E-state index contributed by atoms with van der Waals surface area (Å²) in [5.74, 6) is 2.45. The number of alkyl halides is 1. The summed E-state index contributed by atoms with van der Waals surface area (Å²) in [4.78, 5) is 0. The highest BCUT2D eigenvalue weighted by Crippen LogP contribution is 2.34. The maximum atomic E-state index is 6.07. The molecular formula is C12H17ClS. The summed E-state index contributed by atoms with van der Waals surface area (Å²) < 4.78 is 0. The molecule has 0 nitrogen and oxygen atoms in total. The molecule has 1 fully saturated rings. The van der Waals surface area contributed by atoms with Crippen molar-refractivity contribution in [1.82, 2.24) is 0 Å². The standard InChI is InChI=1S/C12H17ClS/c13-8-12(11-3-1-2-4-11)7-10-5-6-14-9-10/h5-6,9,11-12H,1-4,7-8H2. The van der Waals surface area contributed by atoms with E-state index in [0.29, 0.717) is 5.92 Å². The summed E-state index contributed by atoms with van der Waals surface area (Å²) in [7, 11) is 0. The molecule has 1 aromatic heterocycles. The second-order valence-corrected chi connectivity index (χ2v) is 5.38. The number of thiophene rings is 1. The van der Waals surface area contributed by atoms with Gasteiger partial charge in [0.1, 0.15) is 0 Å². The third-order valence-electron chi connectivity index (χ3n) is 3.34. The van der Waals surface area contributed by atoms with Crippen LogP contribution in [0.1, 0.15) is 31.2 Å². The molecule has 0 N–H and O–H groups in total. The Kier molecular flexibility index (Phi) is 3.89. The van der Waals surface area contributed by atoms with Gasteiger partial charge >= 0.3 is 0 Å². The largest absolute Gasteiger partial charge is 0.152 e. The molecule has 0 amide bonds. The van der Waals surface area contributed by atoms with Crippen LogP contribution in [0.15, 0.2) is 16.8 Å². The van der Waals surface area contributed by atoms with Crippen LogP contribution in [0.5, 0.6) is 0 Å². The van der Waals surface area contributed by atoms with Crippen molar-refractivity contribution in [1.29, 1.82) is 0 Å². The summed E-state index contributed by atoms with van der Waals surface area (Å²) >= 11 is 7.86. The van der Waals surface area contributed by atoms with Gasteiger partial charge in [0.15, 0.2) is 0 Å². The van der Waals surface area contributed by atoms with Crippen molar-refractivity contribution in [3.8, 4) is 0 Å². The molecule has 0 aromatic carbocycles. The summed E-state index contributed by atoms with van der Waals surface area (Å²) in [6, 6.07) is 2.24. The van der Waals surface area contributed by atoms with E-state index in [-0.39, 0.29) is 0 Å². The van der Waals surface area contributed by atoms with E-state index in [0.717, 1.165) is 11.8 Å². The van der Waals surface area contributed by atoms with Crippen LogP contribution in [0.4, 0.5) is 0 Å². The second-order valence-electron chi connectivity index (χ2n) is 4.29. The van der Waals surface area contributed by atoms with Gasteiger partial charge in [0, 0.05) is 5.88 Å². The van der Waals surface area contributed by atoms with Crippen LogP contribution >= 0.6 is 22.9 Å². The van der Waals surface area contributed by atoms with Crippen molar-refractivity contribution in [3.63, 3.8) is 0 Å². The Morgan fingerprint density at radius 1 is 1.43 bits per heavy atom. The Labute approximate surface area is 95.3 Å². The first-order valence-electron chi connectivity index (χ1n) is 5.47. The number of hydrogen-bond donors (Lipinski definition) is 0. The molecule has 1 atom stereocenters. The summed E-state index contributed by atoms with van der Waals surface area (Å²) in [5, 5.41) is 4.42. The van der Waals surface area contributed by atoms with Crippen molar-refractivity contribution < 1.29 is 0 Å². The third kappa shape index (κ3) is 2.52. The van der Waals surface area contributed by atoms with Gasteiger partial charge < -0.3 is 0 Å². The minimum absolute atomic E-state index is 0.716. The van der Waals surface area contributed by atoms with Gasteiger partial charge in [-0.2, -0.15) is 11.3 Å². The van der Waals surface area contributed by atoms with E-state index < -0.39 is 0 Å². The molecule has 0 aliphatic heterocycles. The molecule has 2 rings (SSSR count). The Hall–Kier alpha value is -0.0100. The molecule has 0 bridgehead atoms. The fourth-order valence-electron chi connectivity index (χ4n) is 2.49. The van der Waals surface area contributed by atoms with Gasteiger partial charge in [-0.1, -0.05) is 25.7 Å². The molecule has 1 heterocycles. The maximum Gasteiger partial charge on any atom is 0.0257 e. The van der Waals surface area contributed by atoms with Gasteiger partial charge in [0.05, 0.1) is 0 Å². The summed E-state index contributed by atoms with van der Waals surface area (Å²) in [6.07, 6.45) is 6.84. The van der Waals surface area contributed by atoms with Crippen LogP contribution in [-0.2, 0) is 6.42 Å². The van der Waals surface area contributed by atoms with Crippen LogP contribution in [0.3, 0.4) is 0 Å². The minimum Gasteiger partial charge on any atom is -0.152 e. The molecule has 1 aliphatic carbocycles. The smallest absolute Gasteiger partial charge is 0.0257 e. The lowest BCUT2D eigenvalue weighted by molar-refractivity contribution is 0.369. The van der Waals surface area contributed by atoms with Crippen molar-refractivity contribution in [2.45, 2.75) is 32.1 Å². The second kappa shape index (κ2) is 5.18. The monoisotopic (exact) mass is 228 g/mol. The fourth-order valence-corrected chi connectivity index (χ4v) is 3.53. The van der Waals surface area contributed by atoms with E-state index in [1.54, 1.807) is 11.3 Å². The van der Waals surface area contributed by atoms with Gasteiger partial charge in [0.2, 0.25) is 0 Å². The molecule has 1 saturated carbocycles. The van der Waals surface area contributed by atoms with E-state index in [9.17, 15) is 0 Å². The zero-order chi connectivity index (χ0) is 9.80. The van der Waals surface area contributed by atoms with Crippen LogP contribution < -0.4 is 0 Å². The quantitative estimate of drug-likeness (QED) is 0.673. The SMILES string of the molecule is ClCC(Cc1ccsc1)C1CCCC1. The van der Waals surface area contributed by atoms with E-state index in [1.807, 2.05) is 0 Å². The highest BCUT2D eigenvalue weighted by atomic mass is 35.5. The van der Waals surface area contributed by atoms with E-state index in [1.165, 1.54) is 37.7 Å². The first kappa shape index (κ1) is 10.5. The summed E-state index contributed by atoms with van der Waals surface area (Å²) in [6.45, 7) is 0. The first-order chi connectivity index (χ1) is 6.90. The highest BCUT2D eigenvalue weighted by Gasteiger charge is 2.24. The zero-order valence-corrected chi connectivity index (χ0v) is 9.99. The Bertz CT molecular complexity index is 249. The van der Waals surface area contributed by atoms with Gasteiger partial charge in [-0.25, -0.2) is 0 Å². The van der Waals surface area contributed by atoms with E-state index in [2.05, 4.69) is 16.8 Å². The molecular weight excluding hydrogens is 212 g/mol. The predicted octanol–water partition coefficient (Wildman–Crippen LogP) is 4.34. The molecule has 1 aliphatic rings. The average Bonchev–Trinajstić information content (AvgIpc) is 2.86. The average molecular weight is 229 g/mol. The normalized spacial score (nSPS) is 20.1. The van der Waals surface area contributed by atoms with Crippen molar-refractivity contribution in [2.75, 3.05) is 5.88 Å². The molecule has 0 saturated heterocycles. The fraction of sp³-hybridized carbons (Fsp3) is 0.667. The molecule has 2 heteroatoms. The molecule has 0 radical (unpaired) electrons. The maximum absolute atomic E-state index is 6.07. The minimum atomic E-state index is 0.716. The Morgan fingerprint density at radius 2 is 2.21 bits per heavy atom. The van der Waals surface area contributed by atoms with Crippen LogP contribution in [0.25, 0.3) is 0 Å². The molecule has 0 spiro atoms. The van der Waals surface area contributed by atoms with Gasteiger partial charge in [-0.3, -0.25) is 0 Å². The van der Waals surface area contributed by atoms with Gasteiger partial charge in [-0.15, -0.1) is 11.6 Å². The lowest BCUT2D eigenvalue weighted by Gasteiger charge is -2.20.